The lowest BCUT2D eigenvalue weighted by atomic mass is 9.76. The number of carbonyl (C=O) groups excluding carboxylic acids is 1. The van der Waals surface area contributed by atoms with Crippen molar-refractivity contribution in [1.82, 2.24) is 4.90 Å². The fraction of sp³-hybridized carbons (Fsp3) is 0.222. The van der Waals surface area contributed by atoms with E-state index < -0.39 is 0 Å². The number of benzene rings is 3. The zero-order chi connectivity index (χ0) is 22.2. The second kappa shape index (κ2) is 8.08. The molecule has 0 aromatic heterocycles. The molecule has 3 atom stereocenters. The molecular weight excluding hydrogens is 400 g/mol. The van der Waals surface area contributed by atoms with Crippen LogP contribution in [-0.4, -0.2) is 28.1 Å². The lowest BCUT2D eigenvalue weighted by Crippen LogP contribution is -2.32. The van der Waals surface area contributed by atoms with E-state index in [-0.39, 0.29) is 35.3 Å². The van der Waals surface area contributed by atoms with Crippen molar-refractivity contribution in [2.75, 3.05) is 12.4 Å². The van der Waals surface area contributed by atoms with Crippen molar-refractivity contribution in [2.24, 2.45) is 5.92 Å². The van der Waals surface area contributed by atoms with E-state index in [9.17, 15) is 15.0 Å². The Morgan fingerprint density at radius 2 is 1.84 bits per heavy atom. The molecule has 3 aromatic rings. The number of para-hydroxylation sites is 1. The number of hydrogen-bond donors (Lipinski definition) is 3. The van der Waals surface area contributed by atoms with Gasteiger partial charge in [0.25, 0.3) is 5.91 Å². The number of amides is 1. The van der Waals surface area contributed by atoms with E-state index in [0.29, 0.717) is 12.1 Å². The fourth-order valence-corrected chi connectivity index (χ4v) is 5.04. The van der Waals surface area contributed by atoms with Gasteiger partial charge in [-0.1, -0.05) is 54.6 Å². The Morgan fingerprint density at radius 3 is 2.62 bits per heavy atom. The summed E-state index contributed by atoms with van der Waals surface area (Å²) in [5.74, 6) is 0.429. The van der Waals surface area contributed by atoms with E-state index in [2.05, 4.69) is 23.5 Å². The summed E-state index contributed by atoms with van der Waals surface area (Å²) in [6.45, 7) is 0.525. The molecule has 2 aliphatic rings. The summed E-state index contributed by atoms with van der Waals surface area (Å²) in [5.41, 5.74) is 4.36. The van der Waals surface area contributed by atoms with E-state index in [1.807, 2.05) is 49.5 Å². The van der Waals surface area contributed by atoms with Gasteiger partial charge in [-0.3, -0.25) is 4.79 Å². The van der Waals surface area contributed by atoms with Gasteiger partial charge in [-0.15, -0.1) is 0 Å². The molecule has 3 unspecified atom stereocenters. The number of aromatic hydroxyl groups is 2. The zero-order valence-electron chi connectivity index (χ0n) is 17.9. The van der Waals surface area contributed by atoms with Gasteiger partial charge in [-0.2, -0.15) is 0 Å². The first-order valence-electron chi connectivity index (χ1n) is 10.9. The van der Waals surface area contributed by atoms with E-state index in [1.54, 1.807) is 17.0 Å². The average Bonchev–Trinajstić information content (AvgIpc) is 3.29. The molecule has 0 saturated heterocycles. The first-order valence-corrected chi connectivity index (χ1v) is 10.9. The van der Waals surface area contributed by atoms with Gasteiger partial charge < -0.3 is 20.4 Å². The van der Waals surface area contributed by atoms with Gasteiger partial charge in [-0.25, -0.2) is 0 Å². The number of carbonyl (C=O) groups is 1. The van der Waals surface area contributed by atoms with Crippen LogP contribution >= 0.6 is 0 Å². The van der Waals surface area contributed by atoms with Crippen LogP contribution in [0.1, 0.15) is 45.4 Å². The van der Waals surface area contributed by atoms with Gasteiger partial charge in [0.1, 0.15) is 11.5 Å². The number of anilines is 1. The molecular formula is C27H26N2O3. The van der Waals surface area contributed by atoms with E-state index in [1.165, 1.54) is 6.07 Å². The highest BCUT2D eigenvalue weighted by molar-refractivity contribution is 6.00. The number of phenols is 2. The summed E-state index contributed by atoms with van der Waals surface area (Å²) in [6.07, 6.45) is 5.26. The topological polar surface area (TPSA) is 72.8 Å². The highest BCUT2D eigenvalue weighted by Crippen LogP contribution is 2.52. The fourth-order valence-electron chi connectivity index (χ4n) is 5.04. The number of fused-ring (bicyclic) bond motifs is 3. The van der Waals surface area contributed by atoms with Crippen molar-refractivity contribution >= 4 is 11.6 Å². The molecule has 1 amide bonds. The quantitative estimate of drug-likeness (QED) is 0.502. The smallest absolute Gasteiger partial charge is 0.256 e. The average molecular weight is 427 g/mol. The molecule has 0 bridgehead atoms. The van der Waals surface area contributed by atoms with Crippen molar-refractivity contribution < 1.29 is 15.0 Å². The van der Waals surface area contributed by atoms with Crippen LogP contribution in [0.2, 0.25) is 0 Å². The maximum absolute atomic E-state index is 13.5. The molecule has 0 radical (unpaired) electrons. The lowest BCUT2D eigenvalue weighted by molar-refractivity contribution is 0.0785. The predicted octanol–water partition coefficient (Wildman–Crippen LogP) is 5.20. The molecule has 1 aliphatic carbocycles. The second-order valence-electron chi connectivity index (χ2n) is 8.64. The van der Waals surface area contributed by atoms with Crippen molar-refractivity contribution in [3.8, 4) is 11.5 Å². The molecule has 3 aromatic carbocycles. The third-order valence-corrected chi connectivity index (χ3v) is 6.59. The predicted molar refractivity (Wildman–Crippen MR) is 125 cm³/mol. The molecule has 1 heterocycles. The van der Waals surface area contributed by atoms with E-state index >= 15 is 0 Å². The van der Waals surface area contributed by atoms with Gasteiger partial charge >= 0.3 is 0 Å². The number of nitrogens with one attached hydrogen (secondary N) is 1. The van der Waals surface area contributed by atoms with E-state index in [0.717, 1.165) is 28.8 Å². The van der Waals surface area contributed by atoms with Crippen LogP contribution in [0.25, 0.3) is 0 Å². The van der Waals surface area contributed by atoms with Gasteiger partial charge in [-0.05, 0) is 41.7 Å². The van der Waals surface area contributed by atoms with Gasteiger partial charge in [0, 0.05) is 31.1 Å². The number of allylic oxidation sites excluding steroid dienone is 2. The van der Waals surface area contributed by atoms with Crippen molar-refractivity contribution in [3.05, 3.63) is 101 Å². The first kappa shape index (κ1) is 20.2. The summed E-state index contributed by atoms with van der Waals surface area (Å²) in [6, 6.07) is 20.4. The maximum Gasteiger partial charge on any atom is 0.256 e. The number of phenolic OH excluding ortho intramolecular Hbond substituents is 2. The largest absolute Gasteiger partial charge is 0.508 e. The van der Waals surface area contributed by atoms with Crippen molar-refractivity contribution in [3.63, 3.8) is 0 Å². The third-order valence-electron chi connectivity index (χ3n) is 6.59. The first-order chi connectivity index (χ1) is 15.5. The van der Waals surface area contributed by atoms with Crippen LogP contribution in [0.4, 0.5) is 5.69 Å². The molecule has 5 nitrogen and oxygen atoms in total. The van der Waals surface area contributed by atoms with Crippen LogP contribution in [-0.2, 0) is 6.54 Å². The van der Waals surface area contributed by atoms with Crippen molar-refractivity contribution in [1.29, 1.82) is 0 Å². The molecule has 32 heavy (non-hydrogen) atoms. The van der Waals surface area contributed by atoms with Crippen LogP contribution in [0.15, 0.2) is 78.9 Å². The minimum Gasteiger partial charge on any atom is -0.508 e. The van der Waals surface area contributed by atoms with Crippen LogP contribution in [0.3, 0.4) is 0 Å². The van der Waals surface area contributed by atoms with Crippen molar-refractivity contribution in [2.45, 2.75) is 24.9 Å². The number of nitrogens with zero attached hydrogens (tertiary/aromatic N) is 1. The number of rotatable bonds is 4. The minimum absolute atomic E-state index is 0.0296. The third kappa shape index (κ3) is 3.50. The lowest BCUT2D eigenvalue weighted by Gasteiger charge is -2.38. The number of hydrogen-bond acceptors (Lipinski definition) is 4. The molecule has 0 saturated carbocycles. The van der Waals surface area contributed by atoms with Gasteiger partial charge in [0.2, 0.25) is 0 Å². The Bertz CT molecular complexity index is 1190. The summed E-state index contributed by atoms with van der Waals surface area (Å²) in [4.78, 5) is 15.2. The Morgan fingerprint density at radius 1 is 1.03 bits per heavy atom. The summed E-state index contributed by atoms with van der Waals surface area (Å²) in [7, 11) is 1.82. The SMILES string of the molecule is CN(Cc1ccccc1)C(=O)c1cccc2c1NC(c1ccc(O)cc1O)C1CC=CC21. The molecule has 1 aliphatic heterocycles. The molecule has 0 spiro atoms. The van der Waals surface area contributed by atoms with Crippen LogP contribution < -0.4 is 5.32 Å². The zero-order valence-corrected chi connectivity index (χ0v) is 17.9. The van der Waals surface area contributed by atoms with Crippen LogP contribution in [0.5, 0.6) is 11.5 Å². The Kier molecular flexibility index (Phi) is 5.10. The molecule has 5 rings (SSSR count). The van der Waals surface area contributed by atoms with Crippen LogP contribution in [0, 0.1) is 5.92 Å². The minimum atomic E-state index is -0.170. The second-order valence-corrected chi connectivity index (χ2v) is 8.64. The maximum atomic E-state index is 13.5. The summed E-state index contributed by atoms with van der Waals surface area (Å²) < 4.78 is 0. The van der Waals surface area contributed by atoms with E-state index in [4.69, 9.17) is 0 Å². The summed E-state index contributed by atoms with van der Waals surface area (Å²) in [5, 5.41) is 23.9. The monoisotopic (exact) mass is 426 g/mol. The summed E-state index contributed by atoms with van der Waals surface area (Å²) >= 11 is 0. The molecule has 162 valence electrons. The van der Waals surface area contributed by atoms with Gasteiger partial charge in [0.15, 0.2) is 0 Å². The highest BCUT2D eigenvalue weighted by Gasteiger charge is 2.40. The Hall–Kier alpha value is -3.73. The highest BCUT2D eigenvalue weighted by atomic mass is 16.3. The molecule has 3 N–H and O–H groups in total. The molecule has 5 heteroatoms. The standard InChI is InChI=1S/C27H26N2O3/c1-29(16-17-7-3-2-4-8-17)27(32)23-12-6-11-21-19-9-5-10-20(19)25(28-26(21)23)22-14-13-18(30)15-24(22)31/h2-9,11-15,19-20,25,28,30-31H,10,16H2,1H3. The van der Waals surface area contributed by atoms with Gasteiger partial charge in [0.05, 0.1) is 17.3 Å². The normalized spacial score (nSPS) is 20.8. The Balaban J connectivity index is 1.52. The molecule has 0 fully saturated rings. The Labute approximate surface area is 187 Å².